The number of thiophene rings is 1. The van der Waals surface area contributed by atoms with E-state index < -0.39 is 23.3 Å². The van der Waals surface area contributed by atoms with Crippen molar-refractivity contribution < 1.29 is 22.3 Å². The molecule has 252 valence electrons. The van der Waals surface area contributed by atoms with E-state index in [9.17, 15) is 19.3 Å². The van der Waals surface area contributed by atoms with Gasteiger partial charge in [0.2, 0.25) is 0 Å². The number of nitrogens with one attached hydrogen (secondary N) is 1. The number of piperazine rings is 1. The Labute approximate surface area is 287 Å². The molecule has 0 radical (unpaired) electrons. The highest BCUT2D eigenvalue weighted by Crippen LogP contribution is 2.65. The number of benzene rings is 2. The van der Waals surface area contributed by atoms with Crippen LogP contribution in [0.4, 0.5) is 28.4 Å². The number of rotatable bonds is 4. The van der Waals surface area contributed by atoms with Gasteiger partial charge in [-0.05, 0) is 55.9 Å². The Bertz CT molecular complexity index is 2380. The van der Waals surface area contributed by atoms with E-state index >= 15 is 8.78 Å². The van der Waals surface area contributed by atoms with Crippen LogP contribution in [0, 0.1) is 40.2 Å². The Morgan fingerprint density at radius 1 is 1.14 bits per heavy atom. The number of fused-ring (bicyclic) bond motifs is 2. The van der Waals surface area contributed by atoms with E-state index in [2.05, 4.69) is 27.8 Å². The molecular weight excluding hydrogens is 669 g/mol. The number of aromatic nitrogens is 2. The highest BCUT2D eigenvalue weighted by atomic mass is 32.1. The number of nitrogens with zero attached hydrogens (tertiary/aromatic N) is 6. The molecule has 7 aliphatic rings. The van der Waals surface area contributed by atoms with Gasteiger partial charge >= 0.3 is 6.01 Å². The summed E-state index contributed by atoms with van der Waals surface area (Å²) in [6.07, 6.45) is 1.49. The average Bonchev–Trinajstić information content (AvgIpc) is 3.56. The number of halogens is 4. The van der Waals surface area contributed by atoms with Crippen LogP contribution in [0.5, 0.6) is 6.01 Å². The van der Waals surface area contributed by atoms with E-state index in [-0.39, 0.29) is 91.6 Å². The van der Waals surface area contributed by atoms with Gasteiger partial charge in [-0.3, -0.25) is 4.90 Å². The standard InChI is InChI=1S/C36H28F4N8OS/c1-15-8-36-21-7-17(44-30(21)36)13-48(36)33-26-23(15)19(10-41)24(18-3-4-22(37)29-25(18)20(11-42)32(43)50-29)27(38)28(26)45-34(46-33)49-14-35-5-2-6-47(35)12-16(9-35)31(39)40/h3-4,17,21,30,44H,1-2,5-9,12-14,43H2/t17-,21?,30+,35+,36-/m1/s1. The lowest BCUT2D eigenvalue weighted by molar-refractivity contribution is 0.108. The van der Waals surface area contributed by atoms with Crippen molar-refractivity contribution in [2.75, 3.05) is 36.9 Å². The van der Waals surface area contributed by atoms with Crippen molar-refractivity contribution in [1.82, 2.24) is 20.2 Å². The van der Waals surface area contributed by atoms with E-state index in [0.29, 0.717) is 54.2 Å². The molecule has 1 spiro atoms. The van der Waals surface area contributed by atoms with Crippen LogP contribution < -0.4 is 20.7 Å². The fourth-order valence-corrected chi connectivity index (χ4v) is 11.1. The van der Waals surface area contributed by atoms with Crippen LogP contribution in [0.1, 0.15) is 48.8 Å². The van der Waals surface area contributed by atoms with Gasteiger partial charge in [-0.1, -0.05) is 12.6 Å². The lowest BCUT2D eigenvalue weighted by Gasteiger charge is -2.43. The average molecular weight is 697 g/mol. The first-order valence-corrected chi connectivity index (χ1v) is 17.4. The van der Waals surface area contributed by atoms with E-state index in [1.165, 1.54) is 12.1 Å². The number of nitrogens with two attached hydrogens (primary N) is 1. The lowest BCUT2D eigenvalue weighted by atomic mass is 9.85. The zero-order chi connectivity index (χ0) is 34.4. The minimum absolute atomic E-state index is 0.00209. The van der Waals surface area contributed by atoms with Gasteiger partial charge in [0.25, 0.3) is 6.08 Å². The van der Waals surface area contributed by atoms with Gasteiger partial charge in [0.15, 0.2) is 5.82 Å². The first-order valence-electron chi connectivity index (χ1n) is 16.6. The maximum atomic E-state index is 17.5. The predicted octanol–water partition coefficient (Wildman–Crippen LogP) is 6.22. The molecule has 14 heteroatoms. The van der Waals surface area contributed by atoms with E-state index in [1.54, 1.807) is 0 Å². The monoisotopic (exact) mass is 696 g/mol. The number of nitrogen functional groups attached to an aromatic ring is 1. The zero-order valence-electron chi connectivity index (χ0n) is 26.5. The molecule has 5 saturated heterocycles. The number of nitriles is 2. The summed E-state index contributed by atoms with van der Waals surface area (Å²) in [7, 11) is 0. The highest BCUT2D eigenvalue weighted by Gasteiger charge is 2.75. The van der Waals surface area contributed by atoms with Gasteiger partial charge in [-0.15, -0.1) is 11.3 Å². The van der Waals surface area contributed by atoms with Crippen LogP contribution in [0.3, 0.4) is 0 Å². The SMILES string of the molecule is C=C1C[C@]23C4C[C@H](CN2c2nc(OC[C@@]56CCCN5CC(=C(F)F)C6)nc5c(F)c(-c6ccc(F)c7sc(N)c(C#N)c67)c(C#N)c1c25)N[C@@H]43. The normalized spacial score (nSPS) is 28.8. The van der Waals surface area contributed by atoms with Crippen molar-refractivity contribution in [3.8, 4) is 29.3 Å². The highest BCUT2D eigenvalue weighted by molar-refractivity contribution is 7.23. The van der Waals surface area contributed by atoms with Crippen molar-refractivity contribution in [1.29, 1.82) is 10.5 Å². The molecule has 1 saturated carbocycles. The lowest BCUT2D eigenvalue weighted by Crippen LogP contribution is -2.58. The van der Waals surface area contributed by atoms with Crippen LogP contribution >= 0.6 is 11.3 Å². The fourth-order valence-electron chi connectivity index (χ4n) is 10.1. The maximum absolute atomic E-state index is 17.5. The Balaban J connectivity index is 1.22. The summed E-state index contributed by atoms with van der Waals surface area (Å²) in [5.74, 6) is -0.711. The second-order valence-corrected chi connectivity index (χ2v) is 15.6. The first kappa shape index (κ1) is 30.1. The van der Waals surface area contributed by atoms with Crippen LogP contribution in [-0.2, 0) is 0 Å². The predicted molar refractivity (Wildman–Crippen MR) is 180 cm³/mol. The quantitative estimate of drug-likeness (QED) is 0.239. The molecule has 5 atom stereocenters. The molecule has 8 heterocycles. The Morgan fingerprint density at radius 2 is 1.96 bits per heavy atom. The van der Waals surface area contributed by atoms with E-state index in [4.69, 9.17) is 15.5 Å². The van der Waals surface area contributed by atoms with Gasteiger partial charge in [0.05, 0.1) is 32.3 Å². The summed E-state index contributed by atoms with van der Waals surface area (Å²) < 4.78 is 66.4. The molecule has 4 aromatic rings. The number of piperidine rings is 2. The zero-order valence-corrected chi connectivity index (χ0v) is 27.4. The van der Waals surface area contributed by atoms with Crippen molar-refractivity contribution in [3.63, 3.8) is 0 Å². The van der Waals surface area contributed by atoms with Crippen molar-refractivity contribution >= 4 is 48.7 Å². The molecule has 4 bridgehead atoms. The molecule has 1 unspecified atom stereocenters. The van der Waals surface area contributed by atoms with E-state index in [1.807, 2.05) is 11.0 Å². The molecule has 9 nitrogen and oxygen atoms in total. The topological polar surface area (TPSA) is 127 Å². The molecule has 11 rings (SSSR count). The number of ether oxygens (including phenoxy) is 1. The van der Waals surface area contributed by atoms with Crippen molar-refractivity contribution in [2.45, 2.75) is 55.3 Å². The van der Waals surface area contributed by atoms with Gasteiger partial charge in [-0.25, -0.2) is 8.78 Å². The third-order valence-electron chi connectivity index (χ3n) is 12.2. The Morgan fingerprint density at radius 3 is 2.70 bits per heavy atom. The third kappa shape index (κ3) is 3.66. The summed E-state index contributed by atoms with van der Waals surface area (Å²) in [6, 6.07) is 7.10. The molecule has 3 N–H and O–H groups in total. The molecule has 6 aliphatic heterocycles. The fraction of sp³-hybridized carbons (Fsp3) is 0.389. The smallest absolute Gasteiger partial charge is 0.319 e. The molecular formula is C36H28F4N8OS. The minimum atomic E-state index is -1.67. The Hall–Kier alpha value is -4.76. The van der Waals surface area contributed by atoms with Crippen LogP contribution in [-0.4, -0.2) is 64.3 Å². The second-order valence-electron chi connectivity index (χ2n) is 14.5. The van der Waals surface area contributed by atoms with Crippen molar-refractivity contribution in [3.05, 3.63) is 58.7 Å². The second kappa shape index (κ2) is 9.94. The van der Waals surface area contributed by atoms with Gasteiger partial charge in [0.1, 0.15) is 40.9 Å². The van der Waals surface area contributed by atoms with Crippen LogP contribution in [0.25, 0.3) is 37.7 Å². The minimum Gasteiger partial charge on any atom is -0.461 e. The molecule has 2 aromatic carbocycles. The molecule has 50 heavy (non-hydrogen) atoms. The van der Waals surface area contributed by atoms with Gasteiger partial charge in [-0.2, -0.15) is 29.3 Å². The van der Waals surface area contributed by atoms with Crippen LogP contribution in [0.2, 0.25) is 0 Å². The number of hydrogen-bond donors (Lipinski definition) is 2. The summed E-state index contributed by atoms with van der Waals surface area (Å²) in [4.78, 5) is 13.8. The van der Waals surface area contributed by atoms with Gasteiger partial charge in [0, 0.05) is 53.2 Å². The Kier molecular flexibility index (Phi) is 5.98. The molecule has 2 aromatic heterocycles. The molecule has 0 amide bonds. The largest absolute Gasteiger partial charge is 0.461 e. The number of anilines is 2. The summed E-state index contributed by atoms with van der Waals surface area (Å²) in [6.45, 7) is 5.94. The maximum Gasteiger partial charge on any atom is 0.319 e. The molecule has 6 fully saturated rings. The van der Waals surface area contributed by atoms with Crippen molar-refractivity contribution in [2.24, 2.45) is 5.92 Å². The van der Waals surface area contributed by atoms with Gasteiger partial charge < -0.3 is 20.7 Å². The summed E-state index contributed by atoms with van der Waals surface area (Å²) in [5, 5.41) is 25.1. The number of hydrogen-bond acceptors (Lipinski definition) is 10. The van der Waals surface area contributed by atoms with E-state index in [0.717, 1.165) is 24.2 Å². The molecule has 1 aliphatic carbocycles. The first-order chi connectivity index (χ1) is 24.1. The summed E-state index contributed by atoms with van der Waals surface area (Å²) in [5.41, 5.74) is 6.15. The third-order valence-corrected chi connectivity index (χ3v) is 13.2. The summed E-state index contributed by atoms with van der Waals surface area (Å²) >= 11 is 0.886. The van der Waals surface area contributed by atoms with Crippen LogP contribution in [0.15, 0.2) is 30.4 Å².